The van der Waals surface area contributed by atoms with Crippen molar-refractivity contribution in [3.63, 3.8) is 0 Å². The average Bonchev–Trinajstić information content (AvgIpc) is 2.49. The van der Waals surface area contributed by atoms with Crippen LogP contribution in [0.25, 0.3) is 0 Å². The van der Waals surface area contributed by atoms with Crippen LogP contribution in [0.1, 0.15) is 24.2 Å². The zero-order chi connectivity index (χ0) is 15.2. The molecule has 2 aromatic carbocycles. The number of rotatable bonds is 6. The molecular weight excluding hydrogens is 291 g/mol. The molecule has 110 valence electrons. The predicted octanol–water partition coefficient (Wildman–Crippen LogP) is 4.37. The molecule has 0 spiro atoms. The summed E-state index contributed by atoms with van der Waals surface area (Å²) in [6.45, 7) is 2.27. The largest absolute Gasteiger partial charge is 0.366 e. The lowest BCUT2D eigenvalue weighted by Crippen LogP contribution is -2.18. The summed E-state index contributed by atoms with van der Waals surface area (Å²) in [5.41, 5.74) is 1.39. The van der Waals surface area contributed by atoms with Crippen LogP contribution in [-0.4, -0.2) is 12.4 Å². The second-order valence-electron chi connectivity index (χ2n) is 4.64. The third-order valence-corrected chi connectivity index (χ3v) is 3.40. The first kappa shape index (κ1) is 15.7. The lowest BCUT2D eigenvalue weighted by Gasteiger charge is -2.16. The molecule has 0 fully saturated rings. The fourth-order valence-electron chi connectivity index (χ4n) is 2.11. The molecule has 1 unspecified atom stereocenters. The van der Waals surface area contributed by atoms with Crippen LogP contribution in [0.5, 0.6) is 0 Å². The lowest BCUT2D eigenvalue weighted by atomic mass is 10.00. The molecule has 2 aromatic rings. The van der Waals surface area contributed by atoms with Gasteiger partial charge < -0.3 is 4.74 Å². The maximum absolute atomic E-state index is 13.4. The SMILES string of the molecule is CCOC(C(=O)Cc1ccc(Cl)c(F)c1)c1ccccc1. The van der Waals surface area contributed by atoms with Crippen LogP contribution < -0.4 is 0 Å². The summed E-state index contributed by atoms with van der Waals surface area (Å²) < 4.78 is 19.0. The molecule has 2 rings (SSSR count). The molecule has 21 heavy (non-hydrogen) atoms. The van der Waals surface area contributed by atoms with Crippen molar-refractivity contribution in [3.05, 3.63) is 70.5 Å². The topological polar surface area (TPSA) is 26.3 Å². The van der Waals surface area contributed by atoms with Gasteiger partial charge in [-0.25, -0.2) is 4.39 Å². The normalized spacial score (nSPS) is 12.1. The molecule has 0 radical (unpaired) electrons. The summed E-state index contributed by atoms with van der Waals surface area (Å²) in [6.07, 6.45) is -0.525. The molecule has 0 heterocycles. The van der Waals surface area contributed by atoms with E-state index in [0.29, 0.717) is 12.2 Å². The van der Waals surface area contributed by atoms with E-state index in [1.807, 2.05) is 37.3 Å². The Morgan fingerprint density at radius 1 is 1.24 bits per heavy atom. The van der Waals surface area contributed by atoms with Gasteiger partial charge in [0.15, 0.2) is 5.78 Å². The van der Waals surface area contributed by atoms with Crippen LogP contribution in [0.15, 0.2) is 48.5 Å². The van der Waals surface area contributed by atoms with Gasteiger partial charge in [-0.05, 0) is 30.2 Å². The number of carbonyl (C=O) groups excluding carboxylic acids is 1. The summed E-state index contributed by atoms with van der Waals surface area (Å²) in [7, 11) is 0. The Kier molecular flexibility index (Phi) is 5.48. The highest BCUT2D eigenvalue weighted by molar-refractivity contribution is 6.30. The van der Waals surface area contributed by atoms with Crippen molar-refractivity contribution in [2.45, 2.75) is 19.4 Å². The van der Waals surface area contributed by atoms with E-state index in [0.717, 1.165) is 5.56 Å². The minimum Gasteiger partial charge on any atom is -0.366 e. The Morgan fingerprint density at radius 2 is 1.95 bits per heavy atom. The molecular formula is C17H16ClFO2. The number of hydrogen-bond acceptors (Lipinski definition) is 2. The van der Waals surface area contributed by atoms with Crippen molar-refractivity contribution in [1.29, 1.82) is 0 Å². The van der Waals surface area contributed by atoms with Gasteiger partial charge >= 0.3 is 0 Å². The van der Waals surface area contributed by atoms with Crippen molar-refractivity contribution >= 4 is 17.4 Å². The van der Waals surface area contributed by atoms with Crippen molar-refractivity contribution in [2.24, 2.45) is 0 Å². The van der Waals surface area contributed by atoms with Crippen molar-refractivity contribution in [3.8, 4) is 0 Å². The molecule has 0 aromatic heterocycles. The van der Waals surface area contributed by atoms with E-state index in [-0.39, 0.29) is 17.2 Å². The van der Waals surface area contributed by atoms with Gasteiger partial charge in [0.1, 0.15) is 11.9 Å². The lowest BCUT2D eigenvalue weighted by molar-refractivity contribution is -0.130. The number of benzene rings is 2. The van der Waals surface area contributed by atoms with E-state index in [1.165, 1.54) is 12.1 Å². The predicted molar refractivity (Wildman–Crippen MR) is 80.9 cm³/mol. The Morgan fingerprint density at radius 3 is 2.57 bits per heavy atom. The highest BCUT2D eigenvalue weighted by atomic mass is 35.5. The molecule has 0 aliphatic rings. The number of halogens is 2. The van der Waals surface area contributed by atoms with Crippen LogP contribution in [-0.2, 0) is 16.0 Å². The summed E-state index contributed by atoms with van der Waals surface area (Å²) in [6, 6.07) is 13.7. The molecule has 4 heteroatoms. The molecule has 1 atom stereocenters. The van der Waals surface area contributed by atoms with E-state index in [4.69, 9.17) is 16.3 Å². The van der Waals surface area contributed by atoms with E-state index in [9.17, 15) is 9.18 Å². The number of carbonyl (C=O) groups is 1. The summed E-state index contributed by atoms with van der Waals surface area (Å²) in [4.78, 5) is 12.4. The summed E-state index contributed by atoms with van der Waals surface area (Å²) >= 11 is 5.64. The Hall–Kier alpha value is -1.71. The van der Waals surface area contributed by atoms with Crippen LogP contribution in [0.2, 0.25) is 5.02 Å². The van der Waals surface area contributed by atoms with Crippen molar-refractivity contribution in [1.82, 2.24) is 0 Å². The zero-order valence-electron chi connectivity index (χ0n) is 11.7. The number of ketones is 1. The monoisotopic (exact) mass is 306 g/mol. The first-order chi connectivity index (χ1) is 10.1. The van der Waals surface area contributed by atoms with Crippen LogP contribution in [0, 0.1) is 5.82 Å². The van der Waals surface area contributed by atoms with E-state index >= 15 is 0 Å². The smallest absolute Gasteiger partial charge is 0.170 e. The maximum Gasteiger partial charge on any atom is 0.170 e. The first-order valence-corrected chi connectivity index (χ1v) is 7.12. The van der Waals surface area contributed by atoms with Gasteiger partial charge in [0.25, 0.3) is 0 Å². The Bertz CT molecular complexity index is 613. The van der Waals surface area contributed by atoms with Crippen molar-refractivity contribution < 1.29 is 13.9 Å². The van der Waals surface area contributed by atoms with Gasteiger partial charge in [0.2, 0.25) is 0 Å². The number of Topliss-reactive ketones (excluding diaryl/α,β-unsaturated/α-hetero) is 1. The van der Waals surface area contributed by atoms with Gasteiger partial charge in [-0.15, -0.1) is 0 Å². The van der Waals surface area contributed by atoms with Crippen LogP contribution in [0.3, 0.4) is 0 Å². The van der Waals surface area contributed by atoms with Gasteiger partial charge in [-0.2, -0.15) is 0 Å². The Labute approximate surface area is 128 Å². The molecule has 0 N–H and O–H groups in total. The molecule has 0 saturated heterocycles. The second kappa shape index (κ2) is 7.34. The molecule has 0 aliphatic heterocycles. The summed E-state index contributed by atoms with van der Waals surface area (Å²) in [5.74, 6) is -0.626. The third-order valence-electron chi connectivity index (χ3n) is 3.09. The van der Waals surface area contributed by atoms with Gasteiger partial charge in [-0.3, -0.25) is 4.79 Å². The summed E-state index contributed by atoms with van der Waals surface area (Å²) in [5, 5.41) is 0.0515. The van der Waals surface area contributed by atoms with E-state index in [1.54, 1.807) is 6.07 Å². The maximum atomic E-state index is 13.4. The molecule has 0 bridgehead atoms. The minimum absolute atomic E-state index is 0.0515. The highest BCUT2D eigenvalue weighted by Crippen LogP contribution is 2.22. The third kappa shape index (κ3) is 4.13. The van der Waals surface area contributed by atoms with Crippen LogP contribution >= 0.6 is 11.6 Å². The number of hydrogen-bond donors (Lipinski definition) is 0. The quantitative estimate of drug-likeness (QED) is 0.792. The van der Waals surface area contributed by atoms with E-state index < -0.39 is 11.9 Å². The second-order valence-corrected chi connectivity index (χ2v) is 5.04. The molecule has 0 aliphatic carbocycles. The Balaban J connectivity index is 2.17. The van der Waals surface area contributed by atoms with Crippen molar-refractivity contribution in [2.75, 3.05) is 6.61 Å². The standard InChI is InChI=1S/C17H16ClFO2/c1-2-21-17(13-6-4-3-5-7-13)16(20)11-12-8-9-14(18)15(19)10-12/h3-10,17H,2,11H2,1H3. The molecule has 2 nitrogen and oxygen atoms in total. The van der Waals surface area contributed by atoms with Gasteiger partial charge in [0.05, 0.1) is 5.02 Å². The molecule has 0 amide bonds. The van der Waals surface area contributed by atoms with Crippen LogP contribution in [0.4, 0.5) is 4.39 Å². The number of ether oxygens (including phenoxy) is 1. The average molecular weight is 307 g/mol. The fraction of sp³-hybridized carbons (Fsp3) is 0.235. The van der Waals surface area contributed by atoms with E-state index in [2.05, 4.69) is 0 Å². The first-order valence-electron chi connectivity index (χ1n) is 6.75. The fourth-order valence-corrected chi connectivity index (χ4v) is 2.23. The molecule has 0 saturated carbocycles. The minimum atomic E-state index is -0.630. The highest BCUT2D eigenvalue weighted by Gasteiger charge is 2.21. The van der Waals surface area contributed by atoms with Gasteiger partial charge in [0, 0.05) is 13.0 Å². The van der Waals surface area contributed by atoms with Gasteiger partial charge in [-0.1, -0.05) is 48.0 Å². The zero-order valence-corrected chi connectivity index (χ0v) is 12.4.